The van der Waals surface area contributed by atoms with Crippen LogP contribution in [0.2, 0.25) is 0 Å². The Labute approximate surface area is 175 Å². The Morgan fingerprint density at radius 1 is 0.500 bits per heavy atom. The van der Waals surface area contributed by atoms with Gasteiger partial charge in [0.15, 0.2) is 0 Å². The van der Waals surface area contributed by atoms with Crippen molar-refractivity contribution in [3.05, 3.63) is 0 Å². The second-order valence-electron chi connectivity index (χ2n) is 8.39. The number of hydrogen-bond acceptors (Lipinski definition) is 2. The fourth-order valence-electron chi connectivity index (χ4n) is 3.72. The van der Waals surface area contributed by atoms with Crippen molar-refractivity contribution in [3.63, 3.8) is 0 Å². The maximum absolute atomic E-state index is 10.5. The van der Waals surface area contributed by atoms with Crippen molar-refractivity contribution < 1.29 is 18.9 Å². The molecular weight excluding hydrogens is 371 g/mol. The van der Waals surface area contributed by atoms with Crippen LogP contribution >= 0.6 is 7.82 Å². The minimum absolute atomic E-state index is 0.170. The minimum atomic E-state index is -4.26. The second-order valence-corrected chi connectivity index (χ2v) is 9.63. The SMILES string of the molecule is CCCCCCCCCCCCCCCCCCCCCCCOP(=O)(O)O. The molecule has 0 unspecified atom stereocenters. The first kappa shape index (κ1) is 28.1. The van der Waals surface area contributed by atoms with Gasteiger partial charge in [0.05, 0.1) is 6.61 Å². The lowest BCUT2D eigenvalue weighted by atomic mass is 10.0. The highest BCUT2D eigenvalue weighted by molar-refractivity contribution is 7.46. The molecule has 0 saturated carbocycles. The van der Waals surface area contributed by atoms with Crippen LogP contribution in [-0.2, 0) is 9.09 Å². The molecule has 0 aromatic carbocycles. The van der Waals surface area contributed by atoms with Crippen LogP contribution in [0.4, 0.5) is 0 Å². The van der Waals surface area contributed by atoms with E-state index in [-0.39, 0.29) is 6.61 Å². The van der Waals surface area contributed by atoms with E-state index in [1.807, 2.05) is 0 Å². The van der Waals surface area contributed by atoms with Gasteiger partial charge in [-0.2, -0.15) is 0 Å². The van der Waals surface area contributed by atoms with E-state index in [0.29, 0.717) is 0 Å². The summed E-state index contributed by atoms with van der Waals surface area (Å²) in [6.45, 7) is 2.45. The largest absolute Gasteiger partial charge is 0.469 e. The lowest BCUT2D eigenvalue weighted by Gasteiger charge is -2.05. The van der Waals surface area contributed by atoms with Crippen molar-refractivity contribution >= 4 is 7.82 Å². The summed E-state index contributed by atoms with van der Waals surface area (Å²) in [5, 5.41) is 0. The molecule has 0 aromatic rings. The molecule has 0 saturated heterocycles. The van der Waals surface area contributed by atoms with E-state index in [0.717, 1.165) is 19.3 Å². The summed E-state index contributed by atoms with van der Waals surface area (Å²) in [6.07, 6.45) is 28.0. The van der Waals surface area contributed by atoms with Gasteiger partial charge in [-0.3, -0.25) is 4.52 Å². The number of phosphoric ester groups is 1. The first-order valence-electron chi connectivity index (χ1n) is 12.3. The molecule has 2 N–H and O–H groups in total. The quantitative estimate of drug-likeness (QED) is 0.129. The average Bonchev–Trinajstić information content (AvgIpc) is 2.65. The Kier molecular flexibility index (Phi) is 21.9. The summed E-state index contributed by atoms with van der Waals surface area (Å²) in [5.41, 5.74) is 0. The Balaban J connectivity index is 3.02. The van der Waals surface area contributed by atoms with Gasteiger partial charge in [0.1, 0.15) is 0 Å². The summed E-state index contributed by atoms with van der Waals surface area (Å²) >= 11 is 0. The van der Waals surface area contributed by atoms with Crippen molar-refractivity contribution in [1.29, 1.82) is 0 Å². The Morgan fingerprint density at radius 3 is 1.00 bits per heavy atom. The van der Waals surface area contributed by atoms with E-state index in [9.17, 15) is 4.57 Å². The van der Waals surface area contributed by atoms with E-state index in [1.165, 1.54) is 116 Å². The summed E-state index contributed by atoms with van der Waals surface area (Å²) in [4.78, 5) is 17.1. The maximum Gasteiger partial charge on any atom is 0.469 e. The molecule has 0 spiro atoms. The highest BCUT2D eigenvalue weighted by atomic mass is 31.2. The molecule has 0 rings (SSSR count). The van der Waals surface area contributed by atoms with Crippen molar-refractivity contribution in [2.24, 2.45) is 0 Å². The summed E-state index contributed by atoms with van der Waals surface area (Å²) in [7, 11) is -4.26. The van der Waals surface area contributed by atoms with Gasteiger partial charge in [0, 0.05) is 0 Å². The van der Waals surface area contributed by atoms with Gasteiger partial charge < -0.3 is 9.79 Å². The van der Waals surface area contributed by atoms with Crippen LogP contribution < -0.4 is 0 Å². The van der Waals surface area contributed by atoms with Gasteiger partial charge in [-0.25, -0.2) is 4.57 Å². The fraction of sp³-hybridized carbons (Fsp3) is 1.00. The molecule has 0 atom stereocenters. The third-order valence-corrected chi connectivity index (χ3v) is 6.03. The van der Waals surface area contributed by atoms with Crippen molar-refractivity contribution in [1.82, 2.24) is 0 Å². The first-order chi connectivity index (χ1) is 13.6. The topological polar surface area (TPSA) is 66.8 Å². The Hall–Kier alpha value is 0.110. The predicted molar refractivity (Wildman–Crippen MR) is 121 cm³/mol. The molecule has 0 amide bonds. The highest BCUT2D eigenvalue weighted by Crippen LogP contribution is 2.35. The van der Waals surface area contributed by atoms with Crippen LogP contribution in [-0.4, -0.2) is 16.4 Å². The Bertz CT molecular complexity index is 343. The standard InChI is InChI=1S/C23H49O4P/c1-2-3-4-5-6-7-8-9-10-11-12-13-14-15-16-17-18-19-20-21-22-23-27-28(24,25)26/h2-23H2,1H3,(H2,24,25,26). The van der Waals surface area contributed by atoms with Crippen molar-refractivity contribution in [2.75, 3.05) is 6.61 Å². The summed E-state index contributed by atoms with van der Waals surface area (Å²) in [5.74, 6) is 0. The van der Waals surface area contributed by atoms with Crippen molar-refractivity contribution in [2.45, 2.75) is 142 Å². The molecule has 0 aliphatic heterocycles. The first-order valence-corrected chi connectivity index (χ1v) is 13.8. The molecule has 0 aliphatic carbocycles. The van der Waals surface area contributed by atoms with Gasteiger partial charge in [0.25, 0.3) is 0 Å². The van der Waals surface area contributed by atoms with Crippen LogP contribution in [0, 0.1) is 0 Å². The van der Waals surface area contributed by atoms with E-state index in [1.54, 1.807) is 0 Å². The minimum Gasteiger partial charge on any atom is -0.303 e. The van der Waals surface area contributed by atoms with Crippen LogP contribution in [0.1, 0.15) is 142 Å². The van der Waals surface area contributed by atoms with Crippen LogP contribution in [0.5, 0.6) is 0 Å². The van der Waals surface area contributed by atoms with E-state index >= 15 is 0 Å². The lowest BCUT2D eigenvalue weighted by molar-refractivity contribution is 0.193. The zero-order valence-corrected chi connectivity index (χ0v) is 19.6. The molecule has 28 heavy (non-hydrogen) atoms. The number of hydrogen-bond donors (Lipinski definition) is 2. The van der Waals surface area contributed by atoms with Crippen molar-refractivity contribution in [3.8, 4) is 0 Å². The van der Waals surface area contributed by atoms with Gasteiger partial charge in [-0.15, -0.1) is 0 Å². The molecule has 0 bridgehead atoms. The smallest absolute Gasteiger partial charge is 0.303 e. The lowest BCUT2D eigenvalue weighted by Crippen LogP contribution is -1.92. The van der Waals surface area contributed by atoms with Crippen LogP contribution in [0.3, 0.4) is 0 Å². The molecule has 0 heterocycles. The molecule has 0 aromatic heterocycles. The zero-order chi connectivity index (χ0) is 20.8. The zero-order valence-electron chi connectivity index (χ0n) is 18.7. The molecule has 0 aliphatic rings. The monoisotopic (exact) mass is 420 g/mol. The normalized spacial score (nSPS) is 12.0. The second kappa shape index (κ2) is 21.8. The third-order valence-electron chi connectivity index (χ3n) is 5.51. The summed E-state index contributed by atoms with van der Waals surface area (Å²) in [6, 6.07) is 0. The van der Waals surface area contributed by atoms with Crippen LogP contribution in [0.15, 0.2) is 0 Å². The van der Waals surface area contributed by atoms with E-state index in [4.69, 9.17) is 9.79 Å². The number of rotatable bonds is 23. The molecular formula is C23H49O4P. The maximum atomic E-state index is 10.5. The summed E-state index contributed by atoms with van der Waals surface area (Å²) < 4.78 is 14.9. The van der Waals surface area contributed by atoms with E-state index in [2.05, 4.69) is 11.4 Å². The van der Waals surface area contributed by atoms with E-state index < -0.39 is 7.82 Å². The predicted octanol–water partition coefficient (Wildman–Crippen LogP) is 8.31. The van der Waals surface area contributed by atoms with Gasteiger partial charge >= 0.3 is 7.82 Å². The molecule has 170 valence electrons. The molecule has 0 fully saturated rings. The molecule has 0 radical (unpaired) electrons. The number of phosphoric acid groups is 1. The average molecular weight is 421 g/mol. The van der Waals surface area contributed by atoms with Gasteiger partial charge in [-0.05, 0) is 6.42 Å². The molecule has 5 heteroatoms. The van der Waals surface area contributed by atoms with Gasteiger partial charge in [0.2, 0.25) is 0 Å². The third kappa shape index (κ3) is 26.1. The molecule has 4 nitrogen and oxygen atoms in total. The van der Waals surface area contributed by atoms with Gasteiger partial charge in [-0.1, -0.05) is 135 Å². The highest BCUT2D eigenvalue weighted by Gasteiger charge is 2.12. The van der Waals surface area contributed by atoms with Crippen LogP contribution in [0.25, 0.3) is 0 Å². The Morgan fingerprint density at radius 2 is 0.750 bits per heavy atom. The number of unbranched alkanes of at least 4 members (excludes halogenated alkanes) is 20. The fourth-order valence-corrected chi connectivity index (χ4v) is 4.08.